The first-order valence-corrected chi connectivity index (χ1v) is 2.25. The fourth-order valence-electron chi connectivity index (χ4n) is 0.288. The van der Waals surface area contributed by atoms with Crippen molar-refractivity contribution in [1.29, 1.82) is 0 Å². The lowest BCUT2D eigenvalue weighted by Crippen LogP contribution is -2.13. The molecule has 0 saturated heterocycles. The van der Waals surface area contributed by atoms with Gasteiger partial charge in [-0.1, -0.05) is 12.2 Å². The van der Waals surface area contributed by atoms with Crippen LogP contribution in [-0.2, 0) is 0 Å². The summed E-state index contributed by atoms with van der Waals surface area (Å²) >= 11 is 0. The Kier molecular flexibility index (Phi) is 2.03. The molecule has 0 saturated carbocycles. The normalized spacial score (nSPS) is 13.1. The van der Waals surface area contributed by atoms with Crippen molar-refractivity contribution in [3.05, 3.63) is 19.1 Å². The second-order valence-corrected chi connectivity index (χ2v) is 2.06. The van der Waals surface area contributed by atoms with Gasteiger partial charge in [0, 0.05) is 0 Å². The van der Waals surface area contributed by atoms with Gasteiger partial charge in [-0.25, -0.2) is 0 Å². The molecule has 0 spiro atoms. The molecule has 0 rings (SSSR count). The summed E-state index contributed by atoms with van der Waals surface area (Å²) < 4.78 is 0. The molecule has 0 fully saturated rings. The summed E-state index contributed by atoms with van der Waals surface area (Å²) in [5, 5.41) is 8.89. The standard InChI is InChI=1S/C6H11O/c1-4-5-6(2,3)7/h4-5,7H,1H2,2-3H3. The lowest BCUT2D eigenvalue weighted by Gasteiger charge is -2.08. The van der Waals surface area contributed by atoms with Gasteiger partial charge in [-0.2, -0.15) is 0 Å². The third-order valence-electron chi connectivity index (χ3n) is 0.526. The minimum Gasteiger partial charge on any atom is -0.386 e. The number of aliphatic hydroxyl groups is 1. The van der Waals surface area contributed by atoms with Gasteiger partial charge in [0.05, 0.1) is 5.60 Å². The van der Waals surface area contributed by atoms with Crippen molar-refractivity contribution < 1.29 is 5.11 Å². The minimum absolute atomic E-state index is 0.693. The van der Waals surface area contributed by atoms with Crippen LogP contribution in [-0.4, -0.2) is 10.7 Å². The van der Waals surface area contributed by atoms with E-state index in [9.17, 15) is 0 Å². The minimum atomic E-state index is -0.693. The van der Waals surface area contributed by atoms with Gasteiger partial charge < -0.3 is 5.11 Å². The van der Waals surface area contributed by atoms with Crippen molar-refractivity contribution in [2.45, 2.75) is 19.4 Å². The van der Waals surface area contributed by atoms with Crippen molar-refractivity contribution in [1.82, 2.24) is 0 Å². The smallest absolute Gasteiger partial charge is 0.0771 e. The third-order valence-corrected chi connectivity index (χ3v) is 0.526. The molecule has 1 N–H and O–H groups in total. The van der Waals surface area contributed by atoms with Crippen LogP contribution in [0.4, 0.5) is 0 Å². The van der Waals surface area contributed by atoms with Crippen molar-refractivity contribution in [3.63, 3.8) is 0 Å². The van der Waals surface area contributed by atoms with Crippen molar-refractivity contribution >= 4 is 0 Å². The number of hydrogen-bond donors (Lipinski definition) is 1. The maximum atomic E-state index is 8.89. The summed E-state index contributed by atoms with van der Waals surface area (Å²) in [4.78, 5) is 0. The molecular formula is C6H11O. The highest BCUT2D eigenvalue weighted by atomic mass is 16.3. The molecule has 0 aromatic carbocycles. The van der Waals surface area contributed by atoms with Crippen molar-refractivity contribution in [2.75, 3.05) is 0 Å². The Morgan fingerprint density at radius 3 is 2.00 bits per heavy atom. The highest BCUT2D eigenvalue weighted by molar-refractivity contribution is 4.96. The molecular weight excluding hydrogens is 88.1 g/mol. The topological polar surface area (TPSA) is 20.2 Å². The summed E-state index contributed by atoms with van der Waals surface area (Å²) in [6.07, 6.45) is 3.22. The highest BCUT2D eigenvalue weighted by Gasteiger charge is 2.03. The maximum Gasteiger partial charge on any atom is 0.0771 e. The molecule has 0 aromatic heterocycles. The average molecular weight is 99.2 g/mol. The van der Waals surface area contributed by atoms with Crippen LogP contribution in [0, 0.1) is 6.92 Å². The lowest BCUT2D eigenvalue weighted by molar-refractivity contribution is 0.133. The molecule has 0 heterocycles. The van der Waals surface area contributed by atoms with Crippen LogP contribution < -0.4 is 0 Å². The molecule has 0 bridgehead atoms. The van der Waals surface area contributed by atoms with Crippen LogP contribution >= 0.6 is 0 Å². The van der Waals surface area contributed by atoms with Gasteiger partial charge >= 0.3 is 0 Å². The van der Waals surface area contributed by atoms with E-state index in [0.717, 1.165) is 0 Å². The van der Waals surface area contributed by atoms with E-state index in [2.05, 4.69) is 6.92 Å². The second-order valence-electron chi connectivity index (χ2n) is 2.06. The molecule has 7 heavy (non-hydrogen) atoms. The molecule has 0 amide bonds. The molecule has 0 aromatic rings. The van der Waals surface area contributed by atoms with E-state index in [1.807, 2.05) is 0 Å². The first-order chi connectivity index (χ1) is 3.06. The Hall–Kier alpha value is -0.300. The van der Waals surface area contributed by atoms with Crippen molar-refractivity contribution in [3.8, 4) is 0 Å². The van der Waals surface area contributed by atoms with Crippen LogP contribution in [0.2, 0.25) is 0 Å². The molecule has 0 unspecified atom stereocenters. The zero-order valence-electron chi connectivity index (χ0n) is 4.81. The van der Waals surface area contributed by atoms with Crippen LogP contribution in [0.5, 0.6) is 0 Å². The first kappa shape index (κ1) is 6.70. The number of allylic oxidation sites excluding steroid dienone is 1. The van der Waals surface area contributed by atoms with Crippen LogP contribution in [0.25, 0.3) is 0 Å². The summed E-state index contributed by atoms with van der Waals surface area (Å²) in [6, 6.07) is 0. The Bertz CT molecular complexity index is 66.7. The van der Waals surface area contributed by atoms with E-state index in [4.69, 9.17) is 5.11 Å². The van der Waals surface area contributed by atoms with Gasteiger partial charge in [0.15, 0.2) is 0 Å². The first-order valence-electron chi connectivity index (χ1n) is 2.25. The van der Waals surface area contributed by atoms with Gasteiger partial charge in [0.1, 0.15) is 0 Å². The average Bonchev–Trinajstić information content (AvgIpc) is 1.30. The van der Waals surface area contributed by atoms with Crippen LogP contribution in [0.15, 0.2) is 12.2 Å². The van der Waals surface area contributed by atoms with E-state index in [1.165, 1.54) is 0 Å². The predicted octanol–water partition coefficient (Wildman–Crippen LogP) is 1.15. The second kappa shape index (κ2) is 2.12. The Morgan fingerprint density at radius 1 is 1.57 bits per heavy atom. The molecule has 41 valence electrons. The van der Waals surface area contributed by atoms with Crippen LogP contribution in [0.3, 0.4) is 0 Å². The Balaban J connectivity index is 3.56. The van der Waals surface area contributed by atoms with E-state index < -0.39 is 5.60 Å². The summed E-state index contributed by atoms with van der Waals surface area (Å²) in [5.41, 5.74) is -0.693. The van der Waals surface area contributed by atoms with E-state index in [1.54, 1.807) is 26.0 Å². The molecule has 0 aliphatic carbocycles. The molecule has 1 radical (unpaired) electrons. The van der Waals surface area contributed by atoms with E-state index in [0.29, 0.717) is 0 Å². The monoisotopic (exact) mass is 99.1 g/mol. The summed E-state index contributed by atoms with van der Waals surface area (Å²) in [6.45, 7) is 6.84. The lowest BCUT2D eigenvalue weighted by atomic mass is 10.1. The largest absolute Gasteiger partial charge is 0.386 e. The van der Waals surface area contributed by atoms with E-state index >= 15 is 0 Å². The SMILES string of the molecule is [CH2]C=CC(C)(C)O. The summed E-state index contributed by atoms with van der Waals surface area (Å²) in [7, 11) is 0. The van der Waals surface area contributed by atoms with Gasteiger partial charge in [-0.15, -0.1) is 0 Å². The van der Waals surface area contributed by atoms with Gasteiger partial charge in [0.25, 0.3) is 0 Å². The van der Waals surface area contributed by atoms with Crippen LogP contribution in [0.1, 0.15) is 13.8 Å². The Morgan fingerprint density at radius 2 is 2.00 bits per heavy atom. The molecule has 0 atom stereocenters. The molecule has 0 aliphatic heterocycles. The van der Waals surface area contributed by atoms with Gasteiger partial charge in [0.2, 0.25) is 0 Å². The fourth-order valence-corrected chi connectivity index (χ4v) is 0.288. The summed E-state index contributed by atoms with van der Waals surface area (Å²) in [5.74, 6) is 0. The Labute approximate surface area is 44.7 Å². The predicted molar refractivity (Wildman–Crippen MR) is 30.8 cm³/mol. The zero-order chi connectivity index (χ0) is 5.91. The van der Waals surface area contributed by atoms with Gasteiger partial charge in [-0.3, -0.25) is 0 Å². The highest BCUT2D eigenvalue weighted by Crippen LogP contribution is 2.00. The van der Waals surface area contributed by atoms with E-state index in [-0.39, 0.29) is 0 Å². The molecule has 1 heteroatoms. The number of hydrogen-bond acceptors (Lipinski definition) is 1. The fraction of sp³-hybridized carbons (Fsp3) is 0.500. The van der Waals surface area contributed by atoms with Crippen molar-refractivity contribution in [2.24, 2.45) is 0 Å². The maximum absolute atomic E-state index is 8.89. The zero-order valence-corrected chi connectivity index (χ0v) is 4.81. The molecule has 1 nitrogen and oxygen atoms in total. The third kappa shape index (κ3) is 5.70. The molecule has 0 aliphatic rings. The number of rotatable bonds is 1. The quantitative estimate of drug-likeness (QED) is 0.522. The van der Waals surface area contributed by atoms with Gasteiger partial charge in [-0.05, 0) is 20.8 Å².